The van der Waals surface area contributed by atoms with E-state index in [-0.39, 0.29) is 24.1 Å². The summed E-state index contributed by atoms with van der Waals surface area (Å²) >= 11 is 1.46. The molecule has 0 aromatic heterocycles. The smallest absolute Gasteiger partial charge is 0.234 e. The maximum atomic E-state index is 13.7. The van der Waals surface area contributed by atoms with Crippen LogP contribution in [0.5, 0.6) is 11.5 Å². The highest BCUT2D eigenvalue weighted by atomic mass is 32.2. The van der Waals surface area contributed by atoms with Gasteiger partial charge in [0.05, 0.1) is 11.4 Å². The third-order valence-corrected chi connectivity index (χ3v) is 4.34. The average Bonchev–Trinajstić information content (AvgIpc) is 2.98. The second-order valence-corrected chi connectivity index (χ2v) is 6.20. The molecule has 0 aliphatic carbocycles. The molecule has 1 heterocycles. The van der Waals surface area contributed by atoms with Gasteiger partial charge in [0.1, 0.15) is 5.82 Å². The molecule has 0 saturated carbocycles. The summed E-state index contributed by atoms with van der Waals surface area (Å²) in [7, 11) is 0. The summed E-state index contributed by atoms with van der Waals surface area (Å²) in [6, 6.07) is 10.4. The number of benzene rings is 2. The van der Waals surface area contributed by atoms with Gasteiger partial charge in [-0.25, -0.2) is 4.39 Å². The molecule has 0 bridgehead atoms. The SMILES string of the molecule is Cc1ccc(NC(=O)CSCc2ccc3c(c2)OCO3)c(F)c1. The van der Waals surface area contributed by atoms with E-state index in [2.05, 4.69) is 5.32 Å². The number of fused-ring (bicyclic) bond motifs is 1. The first-order valence-corrected chi connectivity index (χ1v) is 8.29. The summed E-state index contributed by atoms with van der Waals surface area (Å²) in [5.41, 5.74) is 2.08. The molecule has 0 atom stereocenters. The monoisotopic (exact) mass is 333 g/mol. The van der Waals surface area contributed by atoms with E-state index < -0.39 is 5.82 Å². The highest BCUT2D eigenvalue weighted by Gasteiger charge is 2.13. The lowest BCUT2D eigenvalue weighted by Crippen LogP contribution is -2.15. The third-order valence-electron chi connectivity index (χ3n) is 3.34. The van der Waals surface area contributed by atoms with Crippen LogP contribution in [0.4, 0.5) is 10.1 Å². The number of hydrogen-bond donors (Lipinski definition) is 1. The van der Waals surface area contributed by atoms with Crippen molar-refractivity contribution in [3.05, 3.63) is 53.3 Å². The number of carbonyl (C=O) groups is 1. The van der Waals surface area contributed by atoms with Crippen molar-refractivity contribution in [2.45, 2.75) is 12.7 Å². The fraction of sp³-hybridized carbons (Fsp3) is 0.235. The number of aryl methyl sites for hydroxylation is 1. The van der Waals surface area contributed by atoms with Crippen molar-refractivity contribution in [1.82, 2.24) is 0 Å². The Bertz CT molecular complexity index is 736. The van der Waals surface area contributed by atoms with E-state index in [0.717, 1.165) is 22.6 Å². The molecule has 1 amide bonds. The van der Waals surface area contributed by atoms with Crippen LogP contribution >= 0.6 is 11.8 Å². The standard InChI is InChI=1S/C17H16FNO3S/c1-11-2-4-14(13(18)6-11)19-17(20)9-23-8-12-3-5-15-16(7-12)22-10-21-15/h2-7H,8-10H2,1H3,(H,19,20). The van der Waals surface area contributed by atoms with Crippen LogP contribution in [-0.2, 0) is 10.5 Å². The first-order chi connectivity index (χ1) is 11.1. The molecular weight excluding hydrogens is 317 g/mol. The van der Waals surface area contributed by atoms with E-state index in [0.29, 0.717) is 5.75 Å². The van der Waals surface area contributed by atoms with Crippen LogP contribution < -0.4 is 14.8 Å². The number of anilines is 1. The maximum absolute atomic E-state index is 13.7. The molecule has 120 valence electrons. The molecule has 2 aromatic carbocycles. The van der Waals surface area contributed by atoms with E-state index >= 15 is 0 Å². The Morgan fingerprint density at radius 3 is 2.87 bits per heavy atom. The summed E-state index contributed by atoms with van der Waals surface area (Å²) in [5.74, 6) is 1.75. The number of ether oxygens (including phenoxy) is 2. The number of halogens is 1. The lowest BCUT2D eigenvalue weighted by molar-refractivity contribution is -0.113. The van der Waals surface area contributed by atoms with Gasteiger partial charge >= 0.3 is 0 Å². The fourth-order valence-electron chi connectivity index (χ4n) is 2.20. The molecule has 3 rings (SSSR count). The number of carbonyl (C=O) groups excluding carboxylic acids is 1. The first kappa shape index (κ1) is 15.7. The van der Waals surface area contributed by atoms with Gasteiger partial charge in [-0.15, -0.1) is 11.8 Å². The van der Waals surface area contributed by atoms with Crippen LogP contribution in [0.3, 0.4) is 0 Å². The molecular formula is C17H16FNO3S. The number of hydrogen-bond acceptors (Lipinski definition) is 4. The summed E-state index contributed by atoms with van der Waals surface area (Å²) in [6.45, 7) is 2.05. The molecule has 0 spiro atoms. The van der Waals surface area contributed by atoms with Crippen molar-refractivity contribution in [3.63, 3.8) is 0 Å². The number of nitrogens with one attached hydrogen (secondary N) is 1. The predicted molar refractivity (Wildman–Crippen MR) is 88.5 cm³/mol. The molecule has 4 nitrogen and oxygen atoms in total. The minimum atomic E-state index is -0.417. The zero-order valence-corrected chi connectivity index (χ0v) is 13.4. The van der Waals surface area contributed by atoms with Crippen molar-refractivity contribution in [2.24, 2.45) is 0 Å². The minimum Gasteiger partial charge on any atom is -0.454 e. The fourth-order valence-corrected chi connectivity index (χ4v) is 2.98. The van der Waals surface area contributed by atoms with Crippen molar-refractivity contribution < 1.29 is 18.7 Å². The van der Waals surface area contributed by atoms with Gasteiger partial charge in [-0.1, -0.05) is 12.1 Å². The molecule has 1 aliphatic heterocycles. The lowest BCUT2D eigenvalue weighted by Gasteiger charge is -2.07. The third kappa shape index (κ3) is 3.96. The average molecular weight is 333 g/mol. The summed E-state index contributed by atoms with van der Waals surface area (Å²) in [5, 5.41) is 2.59. The number of amides is 1. The molecule has 23 heavy (non-hydrogen) atoms. The first-order valence-electron chi connectivity index (χ1n) is 7.14. The van der Waals surface area contributed by atoms with Crippen LogP contribution in [0, 0.1) is 12.7 Å². The number of rotatable bonds is 5. The van der Waals surface area contributed by atoms with Gasteiger partial charge in [0.15, 0.2) is 11.5 Å². The van der Waals surface area contributed by atoms with Gasteiger partial charge in [0, 0.05) is 5.75 Å². The Labute approximate surface area is 138 Å². The van der Waals surface area contributed by atoms with Crippen LogP contribution in [0.2, 0.25) is 0 Å². The molecule has 2 aromatic rings. The lowest BCUT2D eigenvalue weighted by atomic mass is 10.2. The van der Waals surface area contributed by atoms with Crippen molar-refractivity contribution in [2.75, 3.05) is 17.9 Å². The molecule has 6 heteroatoms. The molecule has 1 aliphatic rings. The summed E-state index contributed by atoms with van der Waals surface area (Å²) in [4.78, 5) is 11.9. The topological polar surface area (TPSA) is 47.6 Å². The van der Waals surface area contributed by atoms with Crippen LogP contribution in [0.1, 0.15) is 11.1 Å². The van der Waals surface area contributed by atoms with E-state index in [1.165, 1.54) is 17.8 Å². The van der Waals surface area contributed by atoms with E-state index in [4.69, 9.17) is 9.47 Å². The zero-order chi connectivity index (χ0) is 16.2. The summed E-state index contributed by atoms with van der Waals surface area (Å²) < 4.78 is 24.2. The van der Waals surface area contributed by atoms with Gasteiger partial charge in [0.25, 0.3) is 0 Å². The van der Waals surface area contributed by atoms with Gasteiger partial charge in [-0.2, -0.15) is 0 Å². The quantitative estimate of drug-likeness (QED) is 0.906. The Morgan fingerprint density at radius 1 is 1.22 bits per heavy atom. The second-order valence-electron chi connectivity index (χ2n) is 5.21. The van der Waals surface area contributed by atoms with Crippen molar-refractivity contribution in [3.8, 4) is 11.5 Å². The highest BCUT2D eigenvalue weighted by molar-refractivity contribution is 7.99. The molecule has 0 radical (unpaired) electrons. The van der Waals surface area contributed by atoms with Crippen LogP contribution in [0.15, 0.2) is 36.4 Å². The number of thioether (sulfide) groups is 1. The molecule has 1 N–H and O–H groups in total. The molecule has 0 fully saturated rings. The zero-order valence-electron chi connectivity index (χ0n) is 12.6. The van der Waals surface area contributed by atoms with E-state index in [9.17, 15) is 9.18 Å². The Balaban J connectivity index is 1.49. The molecule has 0 unspecified atom stereocenters. The molecule has 0 saturated heterocycles. The van der Waals surface area contributed by atoms with Gasteiger partial charge in [0.2, 0.25) is 12.7 Å². The van der Waals surface area contributed by atoms with Crippen molar-refractivity contribution >= 4 is 23.4 Å². The normalized spacial score (nSPS) is 12.3. The van der Waals surface area contributed by atoms with Gasteiger partial charge in [-0.3, -0.25) is 4.79 Å². The summed E-state index contributed by atoms with van der Waals surface area (Å²) in [6.07, 6.45) is 0. The maximum Gasteiger partial charge on any atom is 0.234 e. The van der Waals surface area contributed by atoms with E-state index in [1.54, 1.807) is 19.1 Å². The Hall–Kier alpha value is -2.21. The predicted octanol–water partition coefficient (Wildman–Crippen LogP) is 3.73. The second kappa shape index (κ2) is 6.91. The van der Waals surface area contributed by atoms with Crippen LogP contribution in [-0.4, -0.2) is 18.5 Å². The van der Waals surface area contributed by atoms with Crippen LogP contribution in [0.25, 0.3) is 0 Å². The van der Waals surface area contributed by atoms with Gasteiger partial charge in [-0.05, 0) is 42.3 Å². The largest absolute Gasteiger partial charge is 0.454 e. The Kier molecular flexibility index (Phi) is 4.71. The van der Waals surface area contributed by atoms with E-state index in [1.807, 2.05) is 18.2 Å². The Morgan fingerprint density at radius 2 is 2.04 bits per heavy atom. The van der Waals surface area contributed by atoms with Crippen molar-refractivity contribution in [1.29, 1.82) is 0 Å². The minimum absolute atomic E-state index is 0.212. The van der Waals surface area contributed by atoms with Gasteiger partial charge < -0.3 is 14.8 Å². The highest BCUT2D eigenvalue weighted by Crippen LogP contribution is 2.33.